The highest BCUT2D eigenvalue weighted by Crippen LogP contribution is 2.30. The lowest BCUT2D eigenvalue weighted by Crippen LogP contribution is -2.10. The lowest BCUT2D eigenvalue weighted by molar-refractivity contribution is 0.0729. The monoisotopic (exact) mass is 322 g/mol. The smallest absolute Gasteiger partial charge is 0.362 e. The van der Waals surface area contributed by atoms with Crippen LogP contribution in [-0.2, 0) is 0 Å². The van der Waals surface area contributed by atoms with E-state index in [4.69, 9.17) is 16.3 Å². The maximum atomic E-state index is 12.3. The molecular formula is C18H11ClN2O2. The standard InChI is InChI=1S/C18H11ClN2O2/c19-17-16-13(12-8-4-5-9-14(12)20-16)10-15(21-17)18(22)23-11-6-2-1-3-7-11/h1-10,20H. The number of carbonyl (C=O) groups is 1. The van der Waals surface area contributed by atoms with E-state index in [2.05, 4.69) is 9.97 Å². The first kappa shape index (κ1) is 13.8. The molecule has 0 unspecified atom stereocenters. The molecule has 2 heterocycles. The van der Waals surface area contributed by atoms with Crippen LogP contribution in [0.5, 0.6) is 5.75 Å². The Morgan fingerprint density at radius 1 is 1.00 bits per heavy atom. The van der Waals surface area contributed by atoms with Gasteiger partial charge in [0.05, 0.1) is 5.52 Å². The number of rotatable bonds is 2. The van der Waals surface area contributed by atoms with Crippen LogP contribution in [0.25, 0.3) is 21.8 Å². The molecule has 5 heteroatoms. The molecule has 0 aliphatic rings. The zero-order valence-corrected chi connectivity index (χ0v) is 12.7. The van der Waals surface area contributed by atoms with Crippen molar-refractivity contribution in [3.8, 4) is 5.75 Å². The first-order chi connectivity index (χ1) is 11.2. The van der Waals surface area contributed by atoms with Crippen molar-refractivity contribution in [1.82, 2.24) is 9.97 Å². The number of para-hydroxylation sites is 2. The Labute approximate surface area is 136 Å². The van der Waals surface area contributed by atoms with Crippen LogP contribution in [-0.4, -0.2) is 15.9 Å². The Bertz CT molecular complexity index is 1030. The molecular weight excluding hydrogens is 312 g/mol. The van der Waals surface area contributed by atoms with Crippen LogP contribution in [0.1, 0.15) is 10.5 Å². The normalized spacial score (nSPS) is 11.0. The summed E-state index contributed by atoms with van der Waals surface area (Å²) in [6.07, 6.45) is 0. The van der Waals surface area contributed by atoms with Crippen LogP contribution < -0.4 is 4.74 Å². The van der Waals surface area contributed by atoms with Gasteiger partial charge in [-0.15, -0.1) is 0 Å². The first-order valence-corrected chi connectivity index (χ1v) is 7.44. The Balaban J connectivity index is 1.81. The molecule has 0 spiro atoms. The van der Waals surface area contributed by atoms with E-state index in [1.165, 1.54) is 0 Å². The number of fused-ring (bicyclic) bond motifs is 3. The number of benzene rings is 2. The first-order valence-electron chi connectivity index (χ1n) is 7.06. The lowest BCUT2D eigenvalue weighted by Gasteiger charge is -2.04. The maximum absolute atomic E-state index is 12.3. The number of H-pyrrole nitrogens is 1. The summed E-state index contributed by atoms with van der Waals surface area (Å²) in [6, 6.07) is 18.4. The van der Waals surface area contributed by atoms with E-state index in [-0.39, 0.29) is 10.8 Å². The fraction of sp³-hybridized carbons (Fsp3) is 0. The Kier molecular flexibility index (Phi) is 3.24. The number of pyridine rings is 1. The van der Waals surface area contributed by atoms with Crippen molar-refractivity contribution in [2.45, 2.75) is 0 Å². The number of aromatic amines is 1. The molecule has 0 aliphatic heterocycles. The van der Waals surface area contributed by atoms with Crippen molar-refractivity contribution in [3.63, 3.8) is 0 Å². The largest absolute Gasteiger partial charge is 0.422 e. The van der Waals surface area contributed by atoms with E-state index in [1.807, 2.05) is 30.3 Å². The van der Waals surface area contributed by atoms with Crippen molar-refractivity contribution in [2.24, 2.45) is 0 Å². The van der Waals surface area contributed by atoms with E-state index in [9.17, 15) is 4.79 Å². The van der Waals surface area contributed by atoms with Gasteiger partial charge in [0.15, 0.2) is 10.8 Å². The highest BCUT2D eigenvalue weighted by Gasteiger charge is 2.16. The van der Waals surface area contributed by atoms with Gasteiger partial charge >= 0.3 is 5.97 Å². The van der Waals surface area contributed by atoms with E-state index in [1.54, 1.807) is 30.3 Å². The molecule has 0 amide bonds. The summed E-state index contributed by atoms with van der Waals surface area (Å²) in [4.78, 5) is 19.7. The number of ether oxygens (including phenoxy) is 1. The minimum absolute atomic E-state index is 0.177. The molecule has 0 aliphatic carbocycles. The molecule has 0 radical (unpaired) electrons. The molecule has 4 rings (SSSR count). The number of esters is 1. The molecule has 0 saturated heterocycles. The number of aromatic nitrogens is 2. The fourth-order valence-corrected chi connectivity index (χ4v) is 2.80. The average molecular weight is 323 g/mol. The highest BCUT2D eigenvalue weighted by molar-refractivity contribution is 6.35. The number of hydrogen-bond acceptors (Lipinski definition) is 3. The van der Waals surface area contributed by atoms with Crippen molar-refractivity contribution in [1.29, 1.82) is 0 Å². The minimum atomic E-state index is -0.537. The van der Waals surface area contributed by atoms with Crippen molar-refractivity contribution < 1.29 is 9.53 Å². The SMILES string of the molecule is O=C(Oc1ccccc1)c1cc2c([nH]c3ccccc32)c(Cl)n1. The molecule has 0 fully saturated rings. The quantitative estimate of drug-likeness (QED) is 0.333. The minimum Gasteiger partial charge on any atom is -0.422 e. The van der Waals surface area contributed by atoms with Crippen molar-refractivity contribution >= 4 is 39.4 Å². The summed E-state index contributed by atoms with van der Waals surface area (Å²) >= 11 is 6.23. The van der Waals surface area contributed by atoms with Gasteiger partial charge in [-0.3, -0.25) is 0 Å². The van der Waals surface area contributed by atoms with E-state index >= 15 is 0 Å². The molecule has 4 nitrogen and oxygen atoms in total. The zero-order valence-electron chi connectivity index (χ0n) is 11.9. The summed E-state index contributed by atoms with van der Waals surface area (Å²) in [5, 5.41) is 2.08. The van der Waals surface area contributed by atoms with E-state index in [0.717, 1.165) is 16.3 Å². The van der Waals surface area contributed by atoms with Gasteiger partial charge in [0, 0.05) is 16.3 Å². The number of hydrogen-bond donors (Lipinski definition) is 1. The van der Waals surface area contributed by atoms with E-state index < -0.39 is 5.97 Å². The van der Waals surface area contributed by atoms with Gasteiger partial charge in [-0.25, -0.2) is 9.78 Å². The summed E-state index contributed by atoms with van der Waals surface area (Å²) in [5.74, 6) is -0.0697. The number of nitrogens with zero attached hydrogens (tertiary/aromatic N) is 1. The van der Waals surface area contributed by atoms with Gasteiger partial charge < -0.3 is 9.72 Å². The fourth-order valence-electron chi connectivity index (χ4n) is 2.56. The van der Waals surface area contributed by atoms with E-state index in [0.29, 0.717) is 11.3 Å². The maximum Gasteiger partial charge on any atom is 0.362 e. The Hall–Kier alpha value is -2.85. The number of halogens is 1. The zero-order chi connectivity index (χ0) is 15.8. The number of nitrogens with one attached hydrogen (secondary N) is 1. The van der Waals surface area contributed by atoms with Crippen LogP contribution in [0, 0.1) is 0 Å². The Morgan fingerprint density at radius 3 is 2.57 bits per heavy atom. The highest BCUT2D eigenvalue weighted by atomic mass is 35.5. The van der Waals surface area contributed by atoms with Crippen LogP contribution in [0.4, 0.5) is 0 Å². The topological polar surface area (TPSA) is 55.0 Å². The summed E-state index contributed by atoms with van der Waals surface area (Å²) in [5.41, 5.74) is 1.83. The molecule has 1 N–H and O–H groups in total. The third-order valence-corrected chi connectivity index (χ3v) is 3.89. The predicted molar refractivity (Wildman–Crippen MR) is 90.0 cm³/mol. The van der Waals surface area contributed by atoms with Gasteiger partial charge in [-0.2, -0.15) is 0 Å². The van der Waals surface area contributed by atoms with Gasteiger partial charge in [0.25, 0.3) is 0 Å². The second-order valence-electron chi connectivity index (χ2n) is 5.09. The van der Waals surface area contributed by atoms with Crippen molar-refractivity contribution in [2.75, 3.05) is 0 Å². The van der Waals surface area contributed by atoms with Crippen LogP contribution >= 0.6 is 11.6 Å². The molecule has 0 bridgehead atoms. The van der Waals surface area contributed by atoms with Gasteiger partial charge in [0.1, 0.15) is 5.75 Å². The third kappa shape index (κ3) is 2.43. The van der Waals surface area contributed by atoms with Crippen LogP contribution in [0.3, 0.4) is 0 Å². The molecule has 112 valence electrons. The van der Waals surface area contributed by atoms with Crippen molar-refractivity contribution in [3.05, 3.63) is 71.5 Å². The average Bonchev–Trinajstić information content (AvgIpc) is 2.95. The summed E-state index contributed by atoms with van der Waals surface area (Å²) in [6.45, 7) is 0. The molecule has 2 aromatic heterocycles. The molecule has 4 aromatic rings. The van der Waals surface area contributed by atoms with Crippen LogP contribution in [0.2, 0.25) is 5.15 Å². The van der Waals surface area contributed by atoms with Gasteiger partial charge in [0.2, 0.25) is 0 Å². The second-order valence-corrected chi connectivity index (χ2v) is 5.45. The summed E-state index contributed by atoms with van der Waals surface area (Å²) in [7, 11) is 0. The molecule has 23 heavy (non-hydrogen) atoms. The predicted octanol–water partition coefficient (Wildman–Crippen LogP) is 4.59. The van der Waals surface area contributed by atoms with Gasteiger partial charge in [-0.1, -0.05) is 48.0 Å². The van der Waals surface area contributed by atoms with Crippen LogP contribution in [0.15, 0.2) is 60.7 Å². The summed E-state index contributed by atoms with van der Waals surface area (Å²) < 4.78 is 5.32. The number of carbonyl (C=O) groups excluding carboxylic acids is 1. The third-order valence-electron chi connectivity index (χ3n) is 3.62. The second kappa shape index (κ2) is 5.41. The molecule has 0 atom stereocenters. The molecule has 0 saturated carbocycles. The molecule has 2 aromatic carbocycles. The van der Waals surface area contributed by atoms with Gasteiger partial charge in [-0.05, 0) is 24.3 Å². The Morgan fingerprint density at radius 2 is 1.74 bits per heavy atom. The lowest BCUT2D eigenvalue weighted by atomic mass is 10.1.